The number of allylic oxidation sites excluding steroid dienone is 3. The molecule has 3 aliphatic carbocycles. The minimum Gasteiger partial charge on any atom is -0.393 e. The molecule has 0 bridgehead atoms. The second-order valence-corrected chi connectivity index (χ2v) is 8.38. The van der Waals surface area contributed by atoms with Crippen LogP contribution in [0.1, 0.15) is 65.7 Å². The summed E-state index contributed by atoms with van der Waals surface area (Å²) in [5.74, 6) is 0.442. The van der Waals surface area contributed by atoms with Gasteiger partial charge in [-0.1, -0.05) is 30.7 Å². The Hall–Kier alpha value is -0.600. The topological polar surface area (TPSA) is 40.5 Å². The largest absolute Gasteiger partial charge is 0.393 e. The summed E-state index contributed by atoms with van der Waals surface area (Å²) in [6.07, 6.45) is 14.4. The van der Waals surface area contributed by atoms with Crippen LogP contribution < -0.4 is 0 Å². The zero-order chi connectivity index (χ0) is 15.3. The molecular weight excluding hydrogens is 260 g/mol. The Kier molecular flexibility index (Phi) is 3.61. The molecule has 0 unspecified atom stereocenters. The Morgan fingerprint density at radius 1 is 1.33 bits per heavy atom. The Bertz CT molecular complexity index is 464. The molecule has 3 rings (SSSR count). The highest BCUT2D eigenvalue weighted by Gasteiger charge is 2.56. The molecule has 0 spiro atoms. The third-order valence-electron chi connectivity index (χ3n) is 6.13. The van der Waals surface area contributed by atoms with Crippen molar-refractivity contribution in [3.05, 3.63) is 23.8 Å². The van der Waals surface area contributed by atoms with Gasteiger partial charge in [0.2, 0.25) is 0 Å². The van der Waals surface area contributed by atoms with Gasteiger partial charge in [0, 0.05) is 0 Å². The summed E-state index contributed by atoms with van der Waals surface area (Å²) in [5.41, 5.74) is 1.46. The minimum absolute atomic E-state index is 0.111. The third-order valence-corrected chi connectivity index (χ3v) is 6.13. The number of rotatable bonds is 4. The normalized spacial score (nSPS) is 38.4. The van der Waals surface area contributed by atoms with Crippen molar-refractivity contribution >= 4 is 0 Å². The minimum atomic E-state index is -0.715. The van der Waals surface area contributed by atoms with E-state index in [-0.39, 0.29) is 11.5 Å². The van der Waals surface area contributed by atoms with Gasteiger partial charge >= 0.3 is 0 Å². The Morgan fingerprint density at radius 2 is 2.05 bits per heavy atom. The van der Waals surface area contributed by atoms with Gasteiger partial charge in [-0.3, -0.25) is 0 Å². The van der Waals surface area contributed by atoms with E-state index in [4.69, 9.17) is 0 Å². The number of hydrogen-bond acceptors (Lipinski definition) is 2. The van der Waals surface area contributed by atoms with Crippen LogP contribution in [-0.2, 0) is 0 Å². The fourth-order valence-corrected chi connectivity index (χ4v) is 4.85. The van der Waals surface area contributed by atoms with Crippen molar-refractivity contribution in [2.75, 3.05) is 0 Å². The van der Waals surface area contributed by atoms with Crippen molar-refractivity contribution in [2.45, 2.75) is 77.4 Å². The summed E-state index contributed by atoms with van der Waals surface area (Å²) in [6, 6.07) is 0. The van der Waals surface area contributed by atoms with E-state index in [0.717, 1.165) is 25.7 Å². The standard InChI is InChI=1S/C19H30O2/c1-17(2,21)9-5-11-19(12-13-19)16-8-7-14-15(20)6-4-10-18(14,16)3/h5,8-9,14-15,20-21H,4,6-7,10-13H2,1-3H3/b9-5-/t14-,15-,18-/m0/s1. The maximum atomic E-state index is 10.4. The van der Waals surface area contributed by atoms with E-state index in [9.17, 15) is 10.2 Å². The average molecular weight is 290 g/mol. The fraction of sp³-hybridized carbons (Fsp3) is 0.789. The van der Waals surface area contributed by atoms with Gasteiger partial charge in [-0.25, -0.2) is 0 Å². The lowest BCUT2D eigenvalue weighted by Crippen LogP contribution is -2.40. The van der Waals surface area contributed by atoms with Crippen molar-refractivity contribution < 1.29 is 10.2 Å². The van der Waals surface area contributed by atoms with E-state index in [1.165, 1.54) is 19.3 Å². The molecule has 0 radical (unpaired) electrons. The molecule has 2 saturated carbocycles. The molecule has 21 heavy (non-hydrogen) atoms. The quantitative estimate of drug-likeness (QED) is 0.769. The summed E-state index contributed by atoms with van der Waals surface area (Å²) in [4.78, 5) is 0. The van der Waals surface area contributed by atoms with Crippen LogP contribution in [0.25, 0.3) is 0 Å². The zero-order valence-corrected chi connectivity index (χ0v) is 13.7. The molecule has 0 aromatic heterocycles. The van der Waals surface area contributed by atoms with Crippen molar-refractivity contribution in [1.82, 2.24) is 0 Å². The van der Waals surface area contributed by atoms with Crippen molar-refractivity contribution in [1.29, 1.82) is 0 Å². The summed E-state index contributed by atoms with van der Waals surface area (Å²) >= 11 is 0. The highest BCUT2D eigenvalue weighted by molar-refractivity contribution is 5.35. The van der Waals surface area contributed by atoms with Crippen molar-refractivity contribution in [2.24, 2.45) is 16.7 Å². The molecule has 2 heteroatoms. The molecule has 0 saturated heterocycles. The van der Waals surface area contributed by atoms with Gasteiger partial charge in [-0.15, -0.1) is 0 Å². The maximum Gasteiger partial charge on any atom is 0.0771 e. The van der Waals surface area contributed by atoms with Gasteiger partial charge in [-0.05, 0) is 75.5 Å². The van der Waals surface area contributed by atoms with Gasteiger partial charge in [0.1, 0.15) is 0 Å². The summed E-state index contributed by atoms with van der Waals surface area (Å²) in [5, 5.41) is 20.2. The predicted molar refractivity (Wildman–Crippen MR) is 85.9 cm³/mol. The molecular formula is C19H30O2. The van der Waals surface area contributed by atoms with E-state index in [0.29, 0.717) is 11.3 Å². The van der Waals surface area contributed by atoms with E-state index >= 15 is 0 Å². The van der Waals surface area contributed by atoms with Crippen molar-refractivity contribution in [3.63, 3.8) is 0 Å². The molecule has 0 aliphatic heterocycles. The first kappa shape index (κ1) is 15.3. The molecule has 2 fully saturated rings. The summed E-state index contributed by atoms with van der Waals surface area (Å²) in [6.45, 7) is 6.04. The SMILES string of the molecule is CC(C)(O)/C=C\CC1(C2=CC[C@H]3[C@@H](O)CCC[C@]23C)CC1. The van der Waals surface area contributed by atoms with Gasteiger partial charge in [0.15, 0.2) is 0 Å². The lowest BCUT2D eigenvalue weighted by molar-refractivity contribution is 0.00683. The van der Waals surface area contributed by atoms with E-state index in [2.05, 4.69) is 19.1 Å². The van der Waals surface area contributed by atoms with Crippen LogP contribution in [-0.4, -0.2) is 21.9 Å². The highest BCUT2D eigenvalue weighted by Crippen LogP contribution is 2.66. The first-order valence-electron chi connectivity index (χ1n) is 8.56. The molecule has 3 atom stereocenters. The number of hydrogen-bond donors (Lipinski definition) is 2. The molecule has 3 aliphatic rings. The lowest BCUT2D eigenvalue weighted by Gasteiger charge is -2.44. The Labute approximate surface area is 128 Å². The second kappa shape index (κ2) is 4.96. The van der Waals surface area contributed by atoms with E-state index in [1.807, 2.05) is 19.9 Å². The van der Waals surface area contributed by atoms with Crippen LogP contribution in [0.3, 0.4) is 0 Å². The molecule has 0 amide bonds. The van der Waals surface area contributed by atoms with Gasteiger partial charge < -0.3 is 10.2 Å². The molecule has 118 valence electrons. The zero-order valence-electron chi connectivity index (χ0n) is 13.7. The predicted octanol–water partition coefficient (Wildman–Crippen LogP) is 3.98. The first-order valence-corrected chi connectivity index (χ1v) is 8.56. The number of fused-ring (bicyclic) bond motifs is 1. The molecule has 0 aromatic rings. The highest BCUT2D eigenvalue weighted by atomic mass is 16.3. The van der Waals surface area contributed by atoms with Crippen LogP contribution in [0.4, 0.5) is 0 Å². The van der Waals surface area contributed by atoms with Gasteiger partial charge in [-0.2, -0.15) is 0 Å². The summed E-state index contributed by atoms with van der Waals surface area (Å²) < 4.78 is 0. The lowest BCUT2D eigenvalue weighted by atomic mass is 9.62. The average Bonchev–Trinajstić information content (AvgIpc) is 3.03. The van der Waals surface area contributed by atoms with Crippen LogP contribution in [0, 0.1) is 16.7 Å². The first-order chi connectivity index (χ1) is 9.77. The Balaban J connectivity index is 1.76. The van der Waals surface area contributed by atoms with E-state index < -0.39 is 5.60 Å². The summed E-state index contributed by atoms with van der Waals surface area (Å²) in [7, 11) is 0. The molecule has 0 heterocycles. The molecule has 2 N–H and O–H groups in total. The Morgan fingerprint density at radius 3 is 2.67 bits per heavy atom. The van der Waals surface area contributed by atoms with Gasteiger partial charge in [0.25, 0.3) is 0 Å². The number of aliphatic hydroxyl groups is 2. The second-order valence-electron chi connectivity index (χ2n) is 8.38. The van der Waals surface area contributed by atoms with Crippen LogP contribution in [0.5, 0.6) is 0 Å². The smallest absolute Gasteiger partial charge is 0.0771 e. The fourth-order valence-electron chi connectivity index (χ4n) is 4.85. The maximum absolute atomic E-state index is 10.4. The van der Waals surface area contributed by atoms with E-state index in [1.54, 1.807) is 5.57 Å². The molecule has 2 nitrogen and oxygen atoms in total. The molecule has 0 aromatic carbocycles. The number of aliphatic hydroxyl groups excluding tert-OH is 1. The van der Waals surface area contributed by atoms with Crippen molar-refractivity contribution in [3.8, 4) is 0 Å². The van der Waals surface area contributed by atoms with Gasteiger partial charge in [0.05, 0.1) is 11.7 Å². The van der Waals surface area contributed by atoms with Crippen LogP contribution >= 0.6 is 0 Å². The monoisotopic (exact) mass is 290 g/mol. The van der Waals surface area contributed by atoms with Crippen LogP contribution in [0.2, 0.25) is 0 Å². The third kappa shape index (κ3) is 2.73. The van der Waals surface area contributed by atoms with Crippen LogP contribution in [0.15, 0.2) is 23.8 Å².